The van der Waals surface area contributed by atoms with Crippen LogP contribution < -0.4 is 4.48 Å². The Labute approximate surface area is 254 Å². The van der Waals surface area contributed by atoms with Crippen LogP contribution in [0.3, 0.4) is 0 Å². The number of unbranched alkanes of at least 4 members (excludes halogenated alkanes) is 5. The third-order valence-corrected chi connectivity index (χ3v) is 9.61. The highest BCUT2D eigenvalue weighted by Crippen LogP contribution is 2.49. The molecule has 0 aliphatic rings. The van der Waals surface area contributed by atoms with E-state index in [0.29, 0.717) is 11.5 Å². The van der Waals surface area contributed by atoms with Gasteiger partial charge in [0.1, 0.15) is 23.1 Å². The molecule has 1 unspecified atom stereocenters. The Kier molecular flexibility index (Phi) is 14.7. The largest absolute Gasteiger partial charge is 0.224 e. The van der Waals surface area contributed by atoms with Crippen LogP contribution in [0, 0.1) is 5.41 Å². The zero-order chi connectivity index (χ0) is 29.2. The van der Waals surface area contributed by atoms with E-state index < -0.39 is 0 Å². The summed E-state index contributed by atoms with van der Waals surface area (Å²) in [5.41, 5.74) is 4.71. The van der Waals surface area contributed by atoms with Crippen molar-refractivity contribution in [3.8, 4) is 0 Å². The van der Waals surface area contributed by atoms with Crippen LogP contribution in [0.15, 0.2) is 91.0 Å². The summed E-state index contributed by atoms with van der Waals surface area (Å²) in [7, 11) is 0. The maximum atomic E-state index is 2.37. The van der Waals surface area contributed by atoms with Gasteiger partial charge in [0.05, 0.1) is 0 Å². The van der Waals surface area contributed by atoms with E-state index in [-0.39, 0.29) is 0 Å². The molecule has 0 saturated heterocycles. The molecule has 3 rings (SSSR count). The maximum Gasteiger partial charge on any atom is 0.143 e. The van der Waals surface area contributed by atoms with Crippen molar-refractivity contribution in [3.63, 3.8) is 0 Å². The lowest BCUT2D eigenvalue weighted by atomic mass is 9.71. The predicted molar refractivity (Wildman–Crippen MR) is 183 cm³/mol. The second kappa shape index (κ2) is 18.2. The van der Waals surface area contributed by atoms with E-state index in [2.05, 4.69) is 119 Å². The van der Waals surface area contributed by atoms with Crippen LogP contribution in [0.1, 0.15) is 130 Å². The Bertz CT molecular complexity index is 924. The van der Waals surface area contributed by atoms with Gasteiger partial charge in [-0.05, 0) is 80.3 Å². The highest BCUT2D eigenvalue weighted by atomic mass is 15.4. The molecule has 0 aromatic heterocycles. The van der Waals surface area contributed by atoms with Gasteiger partial charge in [-0.2, -0.15) is 0 Å². The number of para-hydroxylation sites is 3. The van der Waals surface area contributed by atoms with Gasteiger partial charge < -0.3 is 0 Å². The van der Waals surface area contributed by atoms with Gasteiger partial charge in [0, 0.05) is 12.8 Å². The fourth-order valence-electron chi connectivity index (χ4n) is 7.33. The summed E-state index contributed by atoms with van der Waals surface area (Å²) in [5.74, 6) is 0. The van der Waals surface area contributed by atoms with Crippen molar-refractivity contribution in [1.29, 1.82) is 0 Å². The van der Waals surface area contributed by atoms with Crippen LogP contribution in [0.4, 0.5) is 17.1 Å². The Morgan fingerprint density at radius 2 is 0.780 bits per heavy atom. The van der Waals surface area contributed by atoms with Crippen molar-refractivity contribution in [2.75, 3.05) is 0 Å². The summed E-state index contributed by atoms with van der Waals surface area (Å²) >= 11 is 0. The minimum Gasteiger partial charge on any atom is -0.224 e. The van der Waals surface area contributed by atoms with E-state index in [9.17, 15) is 0 Å². The summed E-state index contributed by atoms with van der Waals surface area (Å²) in [6.07, 6.45) is 21.5. The lowest BCUT2D eigenvalue weighted by Crippen LogP contribution is -2.48. The molecule has 1 nitrogen and oxygen atoms in total. The SMILES string of the molecule is CCCCC(CCCCC(CCCC)(CCCC)CCCC)[N+](c1ccccc1)(c1ccccc1)c1ccccc1. The molecule has 1 heteroatoms. The van der Waals surface area contributed by atoms with E-state index in [4.69, 9.17) is 0 Å². The van der Waals surface area contributed by atoms with E-state index in [1.165, 1.54) is 120 Å². The number of hydrogen-bond donors (Lipinski definition) is 0. The molecule has 0 heterocycles. The fraction of sp³-hybridized carbons (Fsp3) is 0.550. The Morgan fingerprint density at radius 1 is 0.439 bits per heavy atom. The summed E-state index contributed by atoms with van der Waals surface area (Å²) in [6, 6.07) is 34.6. The molecular formula is C40H60N+. The highest BCUT2D eigenvalue weighted by Gasteiger charge is 2.43. The predicted octanol–water partition coefficient (Wildman–Crippen LogP) is 13.3. The third kappa shape index (κ3) is 9.05. The molecule has 0 N–H and O–H groups in total. The average molecular weight is 555 g/mol. The number of quaternary nitrogens is 1. The average Bonchev–Trinajstić information content (AvgIpc) is 3.03. The second-order valence-electron chi connectivity index (χ2n) is 12.6. The minimum atomic E-state index is 0.499. The van der Waals surface area contributed by atoms with Crippen molar-refractivity contribution in [2.24, 2.45) is 5.41 Å². The smallest absolute Gasteiger partial charge is 0.143 e. The van der Waals surface area contributed by atoms with Crippen molar-refractivity contribution in [2.45, 2.75) is 136 Å². The van der Waals surface area contributed by atoms with Crippen LogP contribution in [-0.2, 0) is 0 Å². The van der Waals surface area contributed by atoms with Crippen molar-refractivity contribution in [3.05, 3.63) is 91.0 Å². The zero-order valence-electron chi connectivity index (χ0n) is 27.0. The molecule has 224 valence electrons. The summed E-state index contributed by atoms with van der Waals surface area (Å²) < 4.78 is 0.815. The summed E-state index contributed by atoms with van der Waals surface area (Å²) in [5, 5.41) is 0. The lowest BCUT2D eigenvalue weighted by molar-refractivity contribution is 0.174. The van der Waals surface area contributed by atoms with Crippen LogP contribution in [-0.4, -0.2) is 6.04 Å². The minimum absolute atomic E-state index is 0.499. The van der Waals surface area contributed by atoms with Gasteiger partial charge >= 0.3 is 0 Å². The molecule has 1 atom stereocenters. The Hall–Kier alpha value is -2.38. The van der Waals surface area contributed by atoms with E-state index in [1.807, 2.05) is 0 Å². The van der Waals surface area contributed by atoms with Gasteiger partial charge in [-0.1, -0.05) is 134 Å². The first-order valence-electron chi connectivity index (χ1n) is 17.2. The standard InChI is InChI=1S/C40H60N/c1-5-9-24-36(31-22-23-35-40(32-10-6-2,33-11-7-3)34-12-8-4)41(37-25-16-13-17-26-37,38-27-18-14-19-28-38)39-29-20-15-21-30-39/h13-21,25-30,36H,5-12,22-24,31-35H2,1-4H3/q+1. The number of benzene rings is 3. The van der Waals surface area contributed by atoms with E-state index >= 15 is 0 Å². The zero-order valence-corrected chi connectivity index (χ0v) is 27.0. The van der Waals surface area contributed by atoms with Gasteiger partial charge in [0.2, 0.25) is 0 Å². The Morgan fingerprint density at radius 3 is 1.15 bits per heavy atom. The first kappa shape index (κ1) is 33.1. The molecular weight excluding hydrogens is 494 g/mol. The molecule has 0 bridgehead atoms. The first-order valence-corrected chi connectivity index (χ1v) is 17.2. The second-order valence-corrected chi connectivity index (χ2v) is 12.6. The molecule has 41 heavy (non-hydrogen) atoms. The number of rotatable bonds is 21. The molecule has 3 aromatic carbocycles. The van der Waals surface area contributed by atoms with Gasteiger partial charge in [-0.15, -0.1) is 0 Å². The quantitative estimate of drug-likeness (QED) is 0.0907. The topological polar surface area (TPSA) is 0 Å². The first-order chi connectivity index (χ1) is 20.2. The third-order valence-electron chi connectivity index (χ3n) is 9.61. The van der Waals surface area contributed by atoms with Crippen molar-refractivity contribution >= 4 is 17.1 Å². The van der Waals surface area contributed by atoms with Crippen molar-refractivity contribution < 1.29 is 0 Å². The van der Waals surface area contributed by atoms with Gasteiger partial charge in [-0.3, -0.25) is 0 Å². The molecule has 0 fully saturated rings. The van der Waals surface area contributed by atoms with Gasteiger partial charge in [0.25, 0.3) is 0 Å². The van der Waals surface area contributed by atoms with Crippen LogP contribution in [0.5, 0.6) is 0 Å². The molecule has 0 spiro atoms. The fourth-order valence-corrected chi connectivity index (χ4v) is 7.33. The van der Waals surface area contributed by atoms with Crippen LogP contribution in [0.2, 0.25) is 0 Å². The molecule has 0 saturated carbocycles. The normalized spacial score (nSPS) is 12.9. The summed E-state index contributed by atoms with van der Waals surface area (Å²) in [6.45, 7) is 9.47. The molecule has 0 aliphatic carbocycles. The molecule has 0 radical (unpaired) electrons. The highest BCUT2D eigenvalue weighted by molar-refractivity contribution is 5.71. The van der Waals surface area contributed by atoms with Gasteiger partial charge in [-0.25, -0.2) is 4.48 Å². The van der Waals surface area contributed by atoms with E-state index in [0.717, 1.165) is 4.48 Å². The number of nitrogens with zero attached hydrogens (tertiary/aromatic N) is 1. The molecule has 0 aliphatic heterocycles. The van der Waals surface area contributed by atoms with Crippen LogP contribution in [0.25, 0.3) is 0 Å². The van der Waals surface area contributed by atoms with Crippen LogP contribution >= 0.6 is 0 Å². The Balaban J connectivity index is 1.97. The monoisotopic (exact) mass is 554 g/mol. The maximum absolute atomic E-state index is 2.37. The molecule has 3 aromatic rings. The van der Waals surface area contributed by atoms with E-state index in [1.54, 1.807) is 0 Å². The number of hydrogen-bond acceptors (Lipinski definition) is 0. The van der Waals surface area contributed by atoms with Crippen molar-refractivity contribution in [1.82, 2.24) is 4.48 Å². The van der Waals surface area contributed by atoms with Gasteiger partial charge in [0.15, 0.2) is 0 Å². The summed E-state index contributed by atoms with van der Waals surface area (Å²) in [4.78, 5) is 0. The molecule has 0 amide bonds. The lowest BCUT2D eigenvalue weighted by Gasteiger charge is -2.44.